The van der Waals surface area contributed by atoms with E-state index in [1.165, 1.54) is 37.3 Å². The predicted octanol–water partition coefficient (Wildman–Crippen LogP) is 3.05. The quantitative estimate of drug-likeness (QED) is 0.536. The first kappa shape index (κ1) is 24.3. The van der Waals surface area contributed by atoms with Gasteiger partial charge in [-0.3, -0.25) is 4.79 Å². The van der Waals surface area contributed by atoms with Gasteiger partial charge in [-0.2, -0.15) is 4.31 Å². The zero-order valence-electron chi connectivity index (χ0n) is 17.1. The Kier molecular flexibility index (Phi) is 7.04. The number of carbonyl (C=O) groups excluding carboxylic acids is 1. The molecule has 1 fully saturated rings. The van der Waals surface area contributed by atoms with Gasteiger partial charge in [0.25, 0.3) is 0 Å². The van der Waals surface area contributed by atoms with E-state index >= 15 is 0 Å². The summed E-state index contributed by atoms with van der Waals surface area (Å²) in [4.78, 5) is 24.8. The lowest BCUT2D eigenvalue weighted by Gasteiger charge is -2.34. The lowest BCUT2D eigenvalue weighted by atomic mass is 9.97. The molecule has 2 atom stereocenters. The van der Waals surface area contributed by atoms with Gasteiger partial charge in [0, 0.05) is 23.0 Å². The molecule has 1 aliphatic heterocycles. The fourth-order valence-corrected chi connectivity index (χ4v) is 6.27. The second-order valence-electron chi connectivity index (χ2n) is 7.79. The molecule has 0 spiro atoms. The maximum atomic E-state index is 13.3. The maximum Gasteiger partial charge on any atom is 0.326 e. The molecule has 3 N–H and O–H groups in total. The SMILES string of the molecule is C[C@@]1(C(=O)N[C@@H](Cc2ccc(O)cc2)C(=O)O)CCCN1S(=O)(=O)c1cc(Cl)cc(Cl)c1. The van der Waals surface area contributed by atoms with E-state index in [-0.39, 0.29) is 40.1 Å². The highest BCUT2D eigenvalue weighted by atomic mass is 35.5. The zero-order valence-corrected chi connectivity index (χ0v) is 19.4. The number of aliphatic carboxylic acids is 1. The summed E-state index contributed by atoms with van der Waals surface area (Å²) in [6.45, 7) is 1.56. The number of carboxylic acids is 1. The monoisotopic (exact) mass is 500 g/mol. The number of carbonyl (C=O) groups is 2. The lowest BCUT2D eigenvalue weighted by molar-refractivity contribution is -0.143. The molecule has 0 aromatic heterocycles. The number of nitrogens with one attached hydrogen (secondary N) is 1. The van der Waals surface area contributed by atoms with Gasteiger partial charge in [0.2, 0.25) is 15.9 Å². The number of amides is 1. The van der Waals surface area contributed by atoms with Crippen LogP contribution in [-0.4, -0.2) is 52.9 Å². The molecule has 0 radical (unpaired) electrons. The van der Waals surface area contributed by atoms with Crippen molar-refractivity contribution in [3.63, 3.8) is 0 Å². The largest absolute Gasteiger partial charge is 0.508 e. The number of nitrogens with zero attached hydrogens (tertiary/aromatic N) is 1. The maximum absolute atomic E-state index is 13.3. The van der Waals surface area contributed by atoms with Crippen LogP contribution in [0.3, 0.4) is 0 Å². The van der Waals surface area contributed by atoms with Gasteiger partial charge in [0.1, 0.15) is 17.3 Å². The predicted molar refractivity (Wildman–Crippen MR) is 119 cm³/mol. The summed E-state index contributed by atoms with van der Waals surface area (Å²) in [5.41, 5.74) is -0.902. The molecule has 0 unspecified atom stereocenters. The highest BCUT2D eigenvalue weighted by molar-refractivity contribution is 7.89. The molecule has 1 aliphatic rings. The van der Waals surface area contributed by atoms with Gasteiger partial charge >= 0.3 is 5.97 Å². The second-order valence-corrected chi connectivity index (χ2v) is 10.5. The first-order chi connectivity index (χ1) is 14.9. The lowest BCUT2D eigenvalue weighted by Crippen LogP contribution is -2.58. The van der Waals surface area contributed by atoms with Crippen molar-refractivity contribution in [2.24, 2.45) is 0 Å². The van der Waals surface area contributed by atoms with Crippen LogP contribution in [-0.2, 0) is 26.0 Å². The van der Waals surface area contributed by atoms with E-state index in [9.17, 15) is 28.2 Å². The average molecular weight is 501 g/mol. The third-order valence-corrected chi connectivity index (χ3v) is 7.90. The number of hydrogen-bond donors (Lipinski definition) is 3. The Morgan fingerprint density at radius 2 is 1.75 bits per heavy atom. The number of benzene rings is 2. The summed E-state index contributed by atoms with van der Waals surface area (Å²) < 4.78 is 27.6. The van der Waals surface area contributed by atoms with Gasteiger partial charge in [-0.1, -0.05) is 35.3 Å². The summed E-state index contributed by atoms with van der Waals surface area (Å²) in [5, 5.41) is 21.8. The number of sulfonamides is 1. The first-order valence-electron chi connectivity index (χ1n) is 9.74. The van der Waals surface area contributed by atoms with E-state index in [0.717, 1.165) is 4.31 Å². The molecule has 1 heterocycles. The molecule has 2 aromatic carbocycles. The number of aromatic hydroxyl groups is 1. The summed E-state index contributed by atoms with van der Waals surface area (Å²) >= 11 is 11.9. The van der Waals surface area contributed by atoms with E-state index in [1.54, 1.807) is 12.1 Å². The molecular weight excluding hydrogens is 479 g/mol. The summed E-state index contributed by atoms with van der Waals surface area (Å²) in [6, 6.07) is 8.56. The molecule has 1 saturated heterocycles. The van der Waals surface area contributed by atoms with Crippen LogP contribution >= 0.6 is 23.2 Å². The minimum atomic E-state index is -4.13. The Morgan fingerprint density at radius 1 is 1.16 bits per heavy atom. The fourth-order valence-electron chi connectivity index (χ4n) is 3.74. The van der Waals surface area contributed by atoms with E-state index in [0.29, 0.717) is 12.0 Å². The smallest absolute Gasteiger partial charge is 0.326 e. The molecule has 0 aliphatic carbocycles. The molecule has 172 valence electrons. The van der Waals surface area contributed by atoms with Crippen molar-refractivity contribution < 1.29 is 28.2 Å². The minimum absolute atomic E-state index is 0.0325. The van der Waals surface area contributed by atoms with Crippen LogP contribution in [0.1, 0.15) is 25.3 Å². The van der Waals surface area contributed by atoms with Crippen LogP contribution < -0.4 is 5.32 Å². The van der Waals surface area contributed by atoms with Gasteiger partial charge in [-0.15, -0.1) is 0 Å². The van der Waals surface area contributed by atoms with E-state index in [1.807, 2.05) is 0 Å². The topological polar surface area (TPSA) is 124 Å². The Labute approximate surface area is 195 Å². The molecule has 0 bridgehead atoms. The standard InChI is InChI=1S/C21H22Cl2N2O6S/c1-21(20(29)24-18(19(27)28)9-13-3-5-16(26)6-4-13)7-2-8-25(21)32(30,31)17-11-14(22)10-15(23)12-17/h3-6,10-12,18,26H,2,7-9H2,1H3,(H,24,29)(H,27,28)/t18-,21-/m0/s1. The van der Waals surface area contributed by atoms with E-state index < -0.39 is 33.5 Å². The number of hydrogen-bond acceptors (Lipinski definition) is 5. The van der Waals surface area contributed by atoms with Gasteiger partial charge in [0.05, 0.1) is 4.90 Å². The van der Waals surface area contributed by atoms with E-state index in [4.69, 9.17) is 23.2 Å². The Hall–Kier alpha value is -2.33. The van der Waals surface area contributed by atoms with Gasteiger partial charge < -0.3 is 15.5 Å². The Morgan fingerprint density at radius 3 is 2.31 bits per heavy atom. The number of phenolic OH excluding ortho intramolecular Hbond substituents is 1. The summed E-state index contributed by atoms with van der Waals surface area (Å²) in [6.07, 6.45) is 0.610. The van der Waals surface area contributed by atoms with Crippen LogP contribution in [0.2, 0.25) is 10.0 Å². The molecule has 0 saturated carbocycles. The number of carboxylic acid groups (broad SMARTS) is 1. The normalized spacial score (nSPS) is 20.1. The second kappa shape index (κ2) is 9.27. The third-order valence-electron chi connectivity index (χ3n) is 5.47. The molecule has 3 rings (SSSR count). The number of halogens is 2. The van der Waals surface area contributed by atoms with Crippen molar-refractivity contribution in [3.05, 3.63) is 58.1 Å². The number of rotatable bonds is 7. The molecule has 11 heteroatoms. The summed E-state index contributed by atoms with van der Waals surface area (Å²) in [5.74, 6) is -1.94. The Balaban J connectivity index is 1.86. The molecule has 32 heavy (non-hydrogen) atoms. The van der Waals surface area contributed by atoms with Crippen LogP contribution in [0.25, 0.3) is 0 Å². The van der Waals surface area contributed by atoms with Crippen LogP contribution in [0.5, 0.6) is 5.75 Å². The van der Waals surface area contributed by atoms with Crippen molar-refractivity contribution in [2.45, 2.75) is 42.7 Å². The molecular formula is C21H22Cl2N2O6S. The zero-order chi connectivity index (χ0) is 23.7. The van der Waals surface area contributed by atoms with Gasteiger partial charge in [0.15, 0.2) is 0 Å². The fraction of sp³-hybridized carbons (Fsp3) is 0.333. The van der Waals surface area contributed by atoms with Crippen molar-refractivity contribution in [3.8, 4) is 5.75 Å². The highest BCUT2D eigenvalue weighted by Gasteiger charge is 2.50. The Bertz CT molecular complexity index is 1120. The van der Waals surface area contributed by atoms with E-state index in [2.05, 4.69) is 5.32 Å². The van der Waals surface area contributed by atoms with Crippen molar-refractivity contribution in [1.29, 1.82) is 0 Å². The molecule has 1 amide bonds. The van der Waals surface area contributed by atoms with Crippen LogP contribution in [0, 0.1) is 0 Å². The highest BCUT2D eigenvalue weighted by Crippen LogP contribution is 2.36. The van der Waals surface area contributed by atoms with Gasteiger partial charge in [-0.05, 0) is 55.7 Å². The minimum Gasteiger partial charge on any atom is -0.508 e. The molecule has 2 aromatic rings. The number of phenols is 1. The third kappa shape index (κ3) is 5.01. The van der Waals surface area contributed by atoms with Crippen LogP contribution in [0.15, 0.2) is 47.4 Å². The summed E-state index contributed by atoms with van der Waals surface area (Å²) in [7, 11) is -4.13. The van der Waals surface area contributed by atoms with Gasteiger partial charge in [-0.25, -0.2) is 13.2 Å². The van der Waals surface area contributed by atoms with Crippen molar-refractivity contribution in [1.82, 2.24) is 9.62 Å². The average Bonchev–Trinajstić information content (AvgIpc) is 3.12. The van der Waals surface area contributed by atoms with Crippen molar-refractivity contribution >= 4 is 45.1 Å². The first-order valence-corrected chi connectivity index (χ1v) is 11.9. The van der Waals surface area contributed by atoms with Crippen LogP contribution in [0.4, 0.5) is 0 Å². The molecule has 8 nitrogen and oxygen atoms in total. The van der Waals surface area contributed by atoms with Crippen molar-refractivity contribution in [2.75, 3.05) is 6.54 Å².